The number of carbonyl (C=O) groups excluding carboxylic acids is 2. The maximum atomic E-state index is 12.5. The monoisotopic (exact) mass is 388 g/mol. The van der Waals surface area contributed by atoms with E-state index in [1.165, 1.54) is 0 Å². The number of nitrogens with zero attached hydrogens (tertiary/aromatic N) is 4. The third-order valence-corrected chi connectivity index (χ3v) is 5.55. The summed E-state index contributed by atoms with van der Waals surface area (Å²) in [7, 11) is 2.11. The summed E-state index contributed by atoms with van der Waals surface area (Å²) in [6, 6.07) is 9.72. The van der Waals surface area contributed by atoms with Crippen molar-refractivity contribution >= 4 is 12.0 Å². The molecule has 28 heavy (non-hydrogen) atoms. The fourth-order valence-electron chi connectivity index (χ4n) is 3.67. The number of hydrogen-bond acceptors (Lipinski definition) is 5. The molecule has 0 atom stereocenters. The van der Waals surface area contributed by atoms with E-state index in [4.69, 9.17) is 4.74 Å². The molecule has 0 spiro atoms. The first-order valence-corrected chi connectivity index (χ1v) is 10.3. The van der Waals surface area contributed by atoms with E-state index in [1.54, 1.807) is 4.90 Å². The zero-order valence-corrected chi connectivity index (χ0v) is 16.9. The van der Waals surface area contributed by atoms with Crippen LogP contribution in [0.5, 0.6) is 0 Å². The molecule has 7 heteroatoms. The van der Waals surface area contributed by atoms with Crippen molar-refractivity contribution in [1.29, 1.82) is 0 Å². The maximum Gasteiger partial charge on any atom is 0.410 e. The van der Waals surface area contributed by atoms with Gasteiger partial charge in [0.1, 0.15) is 6.61 Å². The molecular weight excluding hydrogens is 356 g/mol. The lowest BCUT2D eigenvalue weighted by Crippen LogP contribution is -2.49. The molecule has 1 aromatic carbocycles. The highest BCUT2D eigenvalue weighted by molar-refractivity contribution is 5.76. The van der Waals surface area contributed by atoms with Crippen LogP contribution in [0, 0.1) is 0 Å². The molecule has 0 unspecified atom stereocenters. The number of carbonyl (C=O) groups is 2. The van der Waals surface area contributed by atoms with Gasteiger partial charge in [0, 0.05) is 58.8 Å². The van der Waals surface area contributed by atoms with Crippen molar-refractivity contribution in [2.45, 2.75) is 19.4 Å². The lowest BCUT2D eigenvalue weighted by atomic mass is 10.2. The summed E-state index contributed by atoms with van der Waals surface area (Å²) in [6.07, 6.45) is 1.35. The predicted octanol–water partition coefficient (Wildman–Crippen LogP) is 1.50. The van der Waals surface area contributed by atoms with Crippen molar-refractivity contribution in [3.05, 3.63) is 35.9 Å². The molecule has 0 aromatic heterocycles. The predicted molar refractivity (Wildman–Crippen MR) is 108 cm³/mol. The molecule has 7 nitrogen and oxygen atoms in total. The van der Waals surface area contributed by atoms with Crippen LogP contribution in [0.15, 0.2) is 30.3 Å². The van der Waals surface area contributed by atoms with E-state index in [0.29, 0.717) is 26.1 Å². The Kier molecular flexibility index (Phi) is 7.68. The largest absolute Gasteiger partial charge is 0.445 e. The summed E-state index contributed by atoms with van der Waals surface area (Å²) in [5.74, 6) is 0.250. The van der Waals surface area contributed by atoms with E-state index in [1.807, 2.05) is 35.2 Å². The van der Waals surface area contributed by atoms with Crippen LogP contribution < -0.4 is 0 Å². The van der Waals surface area contributed by atoms with Gasteiger partial charge >= 0.3 is 6.09 Å². The molecule has 1 aromatic rings. The van der Waals surface area contributed by atoms with E-state index < -0.39 is 0 Å². The number of piperazine rings is 1. The lowest BCUT2D eigenvalue weighted by Gasteiger charge is -2.34. The number of benzene rings is 1. The zero-order valence-electron chi connectivity index (χ0n) is 16.9. The molecule has 0 N–H and O–H groups in total. The summed E-state index contributed by atoms with van der Waals surface area (Å²) in [4.78, 5) is 33.0. The molecule has 0 bridgehead atoms. The Balaban J connectivity index is 1.33. The van der Waals surface area contributed by atoms with Gasteiger partial charge in [0.05, 0.1) is 0 Å². The number of ether oxygens (including phenoxy) is 1. The first-order chi connectivity index (χ1) is 13.6. The second kappa shape index (κ2) is 10.4. The van der Waals surface area contributed by atoms with Crippen LogP contribution in [0.1, 0.15) is 18.4 Å². The minimum absolute atomic E-state index is 0.250. The van der Waals surface area contributed by atoms with Crippen molar-refractivity contribution in [2.75, 3.05) is 66.0 Å². The van der Waals surface area contributed by atoms with Crippen molar-refractivity contribution in [3.63, 3.8) is 0 Å². The molecule has 2 aliphatic rings. The van der Waals surface area contributed by atoms with Crippen LogP contribution in [0.2, 0.25) is 0 Å². The number of rotatable bonds is 5. The normalized spacial score (nSPS) is 19.3. The highest BCUT2D eigenvalue weighted by atomic mass is 16.6. The SMILES string of the molecule is CN1CCCN(C(=O)CCN2CCN(C(=O)OCc3ccccc3)CC2)CC1. The van der Waals surface area contributed by atoms with Crippen LogP contribution >= 0.6 is 0 Å². The molecule has 0 saturated carbocycles. The number of likely N-dealkylation sites (N-methyl/N-ethyl adjacent to an activating group) is 1. The van der Waals surface area contributed by atoms with Crippen molar-refractivity contribution in [3.8, 4) is 0 Å². The van der Waals surface area contributed by atoms with E-state index >= 15 is 0 Å². The highest BCUT2D eigenvalue weighted by Gasteiger charge is 2.23. The van der Waals surface area contributed by atoms with E-state index in [-0.39, 0.29) is 12.0 Å². The number of hydrogen-bond donors (Lipinski definition) is 0. The van der Waals surface area contributed by atoms with E-state index in [9.17, 15) is 9.59 Å². The van der Waals surface area contributed by atoms with Gasteiger partial charge in [0.2, 0.25) is 5.91 Å². The topological polar surface area (TPSA) is 56.3 Å². The zero-order chi connectivity index (χ0) is 19.8. The van der Waals surface area contributed by atoms with Crippen molar-refractivity contribution in [1.82, 2.24) is 19.6 Å². The van der Waals surface area contributed by atoms with Gasteiger partial charge in [-0.2, -0.15) is 0 Å². The Hall–Kier alpha value is -2.12. The Morgan fingerprint density at radius 3 is 2.36 bits per heavy atom. The van der Waals surface area contributed by atoms with E-state index in [0.717, 1.165) is 57.8 Å². The van der Waals surface area contributed by atoms with Gasteiger partial charge in [0.25, 0.3) is 0 Å². The average Bonchev–Trinajstić information content (AvgIpc) is 2.96. The first-order valence-electron chi connectivity index (χ1n) is 10.3. The van der Waals surface area contributed by atoms with E-state index in [2.05, 4.69) is 16.8 Å². The van der Waals surface area contributed by atoms with Gasteiger partial charge in [-0.05, 0) is 25.6 Å². The molecule has 2 saturated heterocycles. The molecule has 2 amide bonds. The standard InChI is InChI=1S/C21H32N4O3/c1-22-9-5-10-24(15-12-22)20(26)8-11-23-13-16-25(17-14-23)21(27)28-18-19-6-3-2-4-7-19/h2-4,6-7H,5,8-18H2,1H3. The second-order valence-corrected chi connectivity index (χ2v) is 7.66. The van der Waals surface area contributed by atoms with Gasteiger partial charge in [-0.3, -0.25) is 9.69 Å². The molecular formula is C21H32N4O3. The minimum Gasteiger partial charge on any atom is -0.445 e. The average molecular weight is 389 g/mol. The maximum absolute atomic E-state index is 12.5. The summed E-state index contributed by atoms with van der Waals surface area (Å²) < 4.78 is 5.40. The van der Waals surface area contributed by atoms with Gasteiger partial charge in [-0.15, -0.1) is 0 Å². The molecule has 0 radical (unpaired) electrons. The first kappa shape index (κ1) is 20.6. The third-order valence-electron chi connectivity index (χ3n) is 5.55. The highest BCUT2D eigenvalue weighted by Crippen LogP contribution is 2.09. The Morgan fingerprint density at radius 1 is 0.893 bits per heavy atom. The Bertz CT molecular complexity index is 632. The molecule has 2 fully saturated rings. The summed E-state index contributed by atoms with van der Waals surface area (Å²) in [6.45, 7) is 7.65. The van der Waals surface area contributed by atoms with Crippen molar-refractivity contribution < 1.29 is 14.3 Å². The fourth-order valence-corrected chi connectivity index (χ4v) is 3.67. The van der Waals surface area contributed by atoms with Gasteiger partial charge in [-0.1, -0.05) is 30.3 Å². The van der Waals surface area contributed by atoms with Crippen molar-refractivity contribution in [2.24, 2.45) is 0 Å². The quantitative estimate of drug-likeness (QED) is 0.765. The van der Waals surface area contributed by atoms with Crippen LogP contribution in [-0.4, -0.2) is 97.6 Å². The van der Waals surface area contributed by atoms with Gasteiger partial charge < -0.3 is 19.4 Å². The fraction of sp³-hybridized carbons (Fsp3) is 0.619. The van der Waals surface area contributed by atoms with Crippen LogP contribution in [0.25, 0.3) is 0 Å². The minimum atomic E-state index is -0.256. The number of amides is 2. The van der Waals surface area contributed by atoms with Gasteiger partial charge in [0.15, 0.2) is 0 Å². The van der Waals surface area contributed by atoms with Crippen LogP contribution in [0.3, 0.4) is 0 Å². The second-order valence-electron chi connectivity index (χ2n) is 7.66. The smallest absolute Gasteiger partial charge is 0.410 e. The Morgan fingerprint density at radius 2 is 1.61 bits per heavy atom. The van der Waals surface area contributed by atoms with Crippen LogP contribution in [-0.2, 0) is 16.1 Å². The lowest BCUT2D eigenvalue weighted by molar-refractivity contribution is -0.131. The van der Waals surface area contributed by atoms with Crippen LogP contribution in [0.4, 0.5) is 4.79 Å². The molecule has 0 aliphatic carbocycles. The molecule has 154 valence electrons. The molecule has 3 rings (SSSR count). The molecule has 2 aliphatic heterocycles. The third kappa shape index (κ3) is 6.21. The summed E-state index contributed by atoms with van der Waals surface area (Å²) in [5.41, 5.74) is 0.993. The molecule has 2 heterocycles. The van der Waals surface area contributed by atoms with Gasteiger partial charge in [-0.25, -0.2) is 4.79 Å². The summed E-state index contributed by atoms with van der Waals surface area (Å²) >= 11 is 0. The summed E-state index contributed by atoms with van der Waals surface area (Å²) in [5, 5.41) is 0. The Labute approximate surface area is 167 Å².